The van der Waals surface area contributed by atoms with E-state index in [0.29, 0.717) is 63.5 Å². The van der Waals surface area contributed by atoms with Crippen LogP contribution in [0.2, 0.25) is 0 Å². The molecule has 3 saturated heterocycles. The number of carboxylic acids is 2. The number of phenols is 1. The fourth-order valence-electron chi connectivity index (χ4n) is 16.1. The number of hydrogen-bond acceptors (Lipinski definition) is 22. The lowest BCUT2D eigenvalue weighted by Crippen LogP contribution is -2.64. The number of phenolic OH excluding ortho intramolecular Hbond substituents is 1. The van der Waals surface area contributed by atoms with E-state index in [2.05, 4.69) is 52.8 Å². The number of primary amides is 1. The summed E-state index contributed by atoms with van der Waals surface area (Å²) in [5, 5.41) is 65.8. The number of aliphatic hydroxyl groups is 1. The van der Waals surface area contributed by atoms with Crippen molar-refractivity contribution in [1.29, 1.82) is 0 Å². The van der Waals surface area contributed by atoms with Gasteiger partial charge in [-0.05, 0) is 96.3 Å². The van der Waals surface area contributed by atoms with Crippen molar-refractivity contribution in [2.45, 2.75) is 195 Å². The highest BCUT2D eigenvalue weighted by molar-refractivity contribution is 8.00. The van der Waals surface area contributed by atoms with Crippen LogP contribution in [0.25, 0.3) is 10.9 Å². The van der Waals surface area contributed by atoms with Crippen LogP contribution in [-0.2, 0) is 118 Å². The molecule has 0 radical (unpaired) electrons. The minimum Gasteiger partial charge on any atom is -0.508 e. The van der Waals surface area contributed by atoms with Crippen LogP contribution in [0.3, 0.4) is 0 Å². The van der Waals surface area contributed by atoms with Crippen molar-refractivity contribution in [1.82, 2.24) is 77.3 Å². The quantitative estimate of drug-likeness (QED) is 0.0325. The zero-order chi connectivity index (χ0) is 98.6. The van der Waals surface area contributed by atoms with Gasteiger partial charge in [0.2, 0.25) is 88.6 Å². The van der Waals surface area contributed by atoms with E-state index >= 15 is 51.9 Å². The van der Waals surface area contributed by atoms with Crippen molar-refractivity contribution >= 4 is 123 Å². The summed E-state index contributed by atoms with van der Waals surface area (Å²) in [5.74, 6) is -26.9. The second-order valence-corrected chi connectivity index (χ2v) is 34.9. The Morgan fingerprint density at radius 3 is 1.73 bits per heavy atom. The monoisotopic (exact) mass is 1900 g/mol. The third kappa shape index (κ3) is 29.5. The van der Waals surface area contributed by atoms with Gasteiger partial charge in [-0.3, -0.25) is 81.5 Å². The van der Waals surface area contributed by atoms with Gasteiger partial charge in [-0.2, -0.15) is 0 Å². The number of aliphatic carboxylic acids is 2. The van der Waals surface area contributed by atoms with Gasteiger partial charge in [0.25, 0.3) is 0 Å². The number of thioether (sulfide) groups is 1. The normalized spacial score (nSPS) is 24.0. The molecular formula is C92H116F3N17O22S. The number of fused-ring (bicyclic) bond motifs is 3. The fourth-order valence-corrected chi connectivity index (χ4v) is 17.0. The second kappa shape index (κ2) is 50.0. The molecule has 0 spiro atoms. The van der Waals surface area contributed by atoms with E-state index in [4.69, 9.17) is 16.2 Å². The van der Waals surface area contributed by atoms with E-state index in [1.807, 2.05) is 0 Å². The predicted octanol–water partition coefficient (Wildman–Crippen LogP) is -0.374. The number of morpholine rings is 1. The van der Waals surface area contributed by atoms with Gasteiger partial charge in [0.05, 0.1) is 38.0 Å². The molecule has 3 fully saturated rings. The largest absolute Gasteiger partial charge is 0.508 e. The Bertz CT molecular complexity index is 5240. The SMILES string of the molecule is CCCC[C@H]1C(=O)N2C[C@H](O)C[C@@H]2C(=O)N[C@@H](CC(=O)O)C(=O)N[C@@H](C(C)C)C(=O)N(C)[C@@H](Cc2ccccc2)C(=O)N[C@@H](CCC(=O)O)C(=O)N2CCOC[C@@H]2C(=O)N[C@@H](Cc2c[nH]c3ccccc23)C(=O)N[C@@H](Cc2ccc(O)cc2)C(=O)N[C@@H](CCCN)C(=O)N[C@H](C(=O)NCC(N)=O)CSCC(=O)N[C@@H](Cc2cc(F)c(F)c(F)c2)C(=O)N(C)[C@@H](Cc2ccccc2)C(=O)N1C. The number of aromatic amines is 1. The first kappa shape index (κ1) is 105. The Kier molecular flexibility index (Phi) is 38.9. The van der Waals surface area contributed by atoms with Crippen molar-refractivity contribution in [2.24, 2.45) is 17.4 Å². The van der Waals surface area contributed by atoms with Crippen LogP contribution >= 0.6 is 11.8 Å². The molecular weight excluding hydrogens is 1780 g/mol. The average molecular weight is 1900 g/mol. The summed E-state index contributed by atoms with van der Waals surface area (Å²) in [6.07, 6.45) is -5.09. The number of aromatic hydroxyl groups is 1. The van der Waals surface area contributed by atoms with E-state index in [9.17, 15) is 63.2 Å². The van der Waals surface area contributed by atoms with Crippen molar-refractivity contribution in [3.8, 4) is 5.75 Å². The van der Waals surface area contributed by atoms with Crippen LogP contribution < -0.4 is 59.3 Å². The first-order chi connectivity index (χ1) is 64.2. The van der Waals surface area contributed by atoms with Crippen LogP contribution in [0.4, 0.5) is 13.2 Å². The van der Waals surface area contributed by atoms with Crippen molar-refractivity contribution in [2.75, 3.05) is 72.0 Å². The van der Waals surface area contributed by atoms with Gasteiger partial charge in [0.1, 0.15) is 84.3 Å². The molecule has 3 aliphatic rings. The zero-order valence-corrected chi connectivity index (χ0v) is 76.2. The number of nitrogens with one attached hydrogen (secondary N) is 10. The molecule has 135 heavy (non-hydrogen) atoms. The van der Waals surface area contributed by atoms with Gasteiger partial charge in [-0.25, -0.2) is 13.2 Å². The number of carbonyl (C=O) groups excluding carboxylic acids is 15. The summed E-state index contributed by atoms with van der Waals surface area (Å²) in [5.41, 5.74) is 13.2. The second-order valence-electron chi connectivity index (χ2n) is 33.8. The van der Waals surface area contributed by atoms with Crippen LogP contribution in [0, 0.1) is 23.4 Å². The molecule has 15 amide bonds. The molecule has 0 aliphatic carbocycles. The molecule has 3 aliphatic heterocycles. The highest BCUT2D eigenvalue weighted by atomic mass is 32.2. The lowest BCUT2D eigenvalue weighted by Gasteiger charge is -2.38. The minimum absolute atomic E-state index is 0.000215. The zero-order valence-electron chi connectivity index (χ0n) is 75.4. The van der Waals surface area contributed by atoms with Gasteiger partial charge in [-0.1, -0.05) is 125 Å². The lowest BCUT2D eigenvalue weighted by atomic mass is 9.98. The van der Waals surface area contributed by atoms with Gasteiger partial charge in [0.15, 0.2) is 17.5 Å². The molecule has 0 unspecified atom stereocenters. The number of halogens is 3. The van der Waals surface area contributed by atoms with Crippen LogP contribution in [0.5, 0.6) is 5.75 Å². The molecule has 1 aromatic heterocycles. The predicted molar refractivity (Wildman–Crippen MR) is 483 cm³/mol. The number of unbranched alkanes of at least 4 members (excludes halogenated alkanes) is 1. The number of benzene rings is 5. The van der Waals surface area contributed by atoms with Crippen LogP contribution in [0.15, 0.2) is 128 Å². The number of aliphatic hydroxyl groups excluding tert-OH is 1. The number of carbonyl (C=O) groups is 17. The number of aromatic nitrogens is 1. The Hall–Kier alpha value is -13.6. The topological polar surface area (TPSA) is 573 Å². The molecule has 9 rings (SSSR count). The third-order valence-corrected chi connectivity index (χ3v) is 24.6. The molecule has 0 bridgehead atoms. The number of likely N-dealkylation sites (N-methyl/N-ethyl adjacent to an activating group) is 3. The summed E-state index contributed by atoms with van der Waals surface area (Å²) in [7, 11) is 3.56. The number of ether oxygens (including phenoxy) is 1. The standard InChI is InChI=1S/C92H116F3N17O22S/c1-7-8-25-69-91(132)112-46-57(114)42-71(112)86(127)105-66(43-77(119)120)84(125)107-79(50(2)3)92(133)109(5)70(39-51-18-11-9-12-19-51)85(126)102-63(30-31-76(117)118)89(130)111-33-34-134-47-73(111)87(128)104-65(41-55-44-98-61-23-16-15-22-58(55)61)83(124)103-64(37-53-26-28-56(113)29-27-53)82(123)101-62(24-17-32-96)81(122)106-68(80(121)99-45-74(97)115)48-135-49-75(116)100-67(38-54-35-59(93)78(95)60(94)36-54)88(129)110(6)72(90(131)108(69)4)40-52-20-13-10-14-21-52/h9-16,18-23,26-29,35-36,44,50,57,62-73,79,98,113-114H,7-8,17,24-25,30-34,37-43,45-49,96H2,1-6H3,(H2,97,115)(H,99,121)(H,100,116)(H,101,123)(H,102,126)(H,103,124)(H,104,128)(H,105,127)(H,106,122)(H,107,125)(H,117,118)(H,119,120)/t57-,62+,63+,64+,65+,66+,67+,68+,69+,70+,71-,72+,73-,79+/m1/s1. The number of carboxylic acid groups (broad SMARTS) is 2. The van der Waals surface area contributed by atoms with E-state index in [1.165, 1.54) is 52.2 Å². The maximum Gasteiger partial charge on any atom is 0.305 e. The maximum absolute atomic E-state index is 15.7. The Morgan fingerprint density at radius 1 is 0.548 bits per heavy atom. The number of hydrogen-bond donors (Lipinski definition) is 16. The lowest BCUT2D eigenvalue weighted by molar-refractivity contribution is -0.152. The van der Waals surface area contributed by atoms with Crippen molar-refractivity contribution in [3.05, 3.63) is 173 Å². The van der Waals surface area contributed by atoms with Gasteiger partial charge in [-0.15, -0.1) is 11.8 Å². The van der Waals surface area contributed by atoms with Crippen LogP contribution in [0.1, 0.15) is 106 Å². The Labute approximate surface area is 780 Å². The molecule has 5 aromatic carbocycles. The summed E-state index contributed by atoms with van der Waals surface area (Å²) in [6, 6.07) is 6.93. The Morgan fingerprint density at radius 2 is 1.10 bits per heavy atom. The number of amides is 15. The van der Waals surface area contributed by atoms with E-state index in [-0.39, 0.29) is 63.8 Å². The van der Waals surface area contributed by atoms with E-state index < -0.39 is 290 Å². The van der Waals surface area contributed by atoms with Gasteiger partial charge < -0.3 is 114 Å². The number of nitrogens with two attached hydrogens (primary N) is 2. The van der Waals surface area contributed by atoms with E-state index in [1.54, 1.807) is 98.0 Å². The summed E-state index contributed by atoms with van der Waals surface area (Å²) in [6.45, 7) is 2.06. The fraction of sp³-hybridized carbons (Fsp3) is 0.467. The molecule has 39 nitrogen and oxygen atoms in total. The van der Waals surface area contributed by atoms with Crippen LogP contribution in [-0.4, -0.2) is 307 Å². The maximum atomic E-state index is 15.7. The summed E-state index contributed by atoms with van der Waals surface area (Å²) >= 11 is 0.630. The third-order valence-electron chi connectivity index (χ3n) is 23.6. The van der Waals surface area contributed by atoms with Crippen molar-refractivity contribution < 1.29 is 120 Å². The smallest absolute Gasteiger partial charge is 0.305 e. The molecule has 14 atom stereocenters. The Balaban J connectivity index is 1.14. The number of H-pyrrole nitrogens is 1. The van der Waals surface area contributed by atoms with Gasteiger partial charge >= 0.3 is 11.9 Å². The first-order valence-corrected chi connectivity index (χ1v) is 45.3. The number of para-hydroxylation sites is 1. The number of rotatable bonds is 25. The first-order valence-electron chi connectivity index (χ1n) is 44.2. The molecule has 0 saturated carbocycles. The molecule has 18 N–H and O–H groups in total. The highest BCUT2D eigenvalue weighted by Gasteiger charge is 2.48. The highest BCUT2D eigenvalue weighted by Crippen LogP contribution is 2.28. The summed E-state index contributed by atoms with van der Waals surface area (Å²) in [4.78, 5) is 258. The molecule has 728 valence electrons. The molecule has 4 heterocycles. The molecule has 43 heteroatoms. The van der Waals surface area contributed by atoms with Crippen molar-refractivity contribution in [3.63, 3.8) is 0 Å². The molecule has 6 aromatic rings. The minimum atomic E-state index is -2.07. The summed E-state index contributed by atoms with van der Waals surface area (Å²) < 4.78 is 50.9. The van der Waals surface area contributed by atoms with Gasteiger partial charge in [0, 0.05) is 102 Å². The number of nitrogens with zero attached hydrogens (tertiary/aromatic N) is 5. The average Bonchev–Trinajstić information content (AvgIpc) is 1.62. The van der Waals surface area contributed by atoms with E-state index in [0.717, 1.165) is 31.5 Å².